The molecular weight excluding hydrogens is 302 g/mol. The Morgan fingerprint density at radius 1 is 1.41 bits per heavy atom. The van der Waals surface area contributed by atoms with Crippen LogP contribution >= 0.6 is 11.6 Å². The van der Waals surface area contributed by atoms with Crippen molar-refractivity contribution in [1.29, 1.82) is 0 Å². The molecule has 22 heavy (non-hydrogen) atoms. The average Bonchev–Trinajstić information content (AvgIpc) is 2.91. The predicted octanol–water partition coefficient (Wildman–Crippen LogP) is 2.04. The van der Waals surface area contributed by atoms with Crippen LogP contribution in [0.25, 0.3) is 0 Å². The molecule has 1 aliphatic heterocycles. The van der Waals surface area contributed by atoms with E-state index in [4.69, 9.17) is 11.6 Å². The molecule has 1 aliphatic rings. The standard InChI is InChI=1S/C16H22ClN3O2/c1-3-18-16(22)12-6-7-20(9-12)10-15(21)19-13-4-5-14(17)11(2)8-13/h4-5,8,12H,3,6-7,9-10H2,1-2H3,(H,18,22)(H,19,21). The topological polar surface area (TPSA) is 61.4 Å². The Morgan fingerprint density at radius 3 is 2.86 bits per heavy atom. The Balaban J connectivity index is 1.83. The fourth-order valence-corrected chi connectivity index (χ4v) is 2.75. The van der Waals surface area contributed by atoms with Crippen molar-refractivity contribution in [3.8, 4) is 0 Å². The van der Waals surface area contributed by atoms with Gasteiger partial charge in [0.25, 0.3) is 0 Å². The summed E-state index contributed by atoms with van der Waals surface area (Å²) in [4.78, 5) is 25.9. The minimum absolute atomic E-state index is 0.00877. The van der Waals surface area contributed by atoms with Crippen LogP contribution in [-0.4, -0.2) is 42.9 Å². The van der Waals surface area contributed by atoms with E-state index in [1.807, 2.05) is 24.8 Å². The number of carbonyl (C=O) groups is 2. The lowest BCUT2D eigenvalue weighted by Crippen LogP contribution is -2.35. The van der Waals surface area contributed by atoms with Gasteiger partial charge >= 0.3 is 0 Å². The van der Waals surface area contributed by atoms with Crippen molar-refractivity contribution in [2.24, 2.45) is 5.92 Å². The number of hydrogen-bond donors (Lipinski definition) is 2. The molecule has 2 rings (SSSR count). The molecule has 2 N–H and O–H groups in total. The minimum atomic E-state index is -0.0710. The normalized spacial score (nSPS) is 18.2. The van der Waals surface area contributed by atoms with E-state index in [1.165, 1.54) is 0 Å². The predicted molar refractivity (Wildman–Crippen MR) is 88.0 cm³/mol. The summed E-state index contributed by atoms with van der Waals surface area (Å²) in [5.74, 6) is 0.00235. The first-order valence-electron chi connectivity index (χ1n) is 7.55. The summed E-state index contributed by atoms with van der Waals surface area (Å²) in [6, 6.07) is 5.41. The van der Waals surface area contributed by atoms with Crippen molar-refractivity contribution in [3.05, 3.63) is 28.8 Å². The number of nitrogens with zero attached hydrogens (tertiary/aromatic N) is 1. The molecule has 0 saturated carbocycles. The van der Waals surface area contributed by atoms with Crippen LogP contribution in [0, 0.1) is 12.8 Å². The highest BCUT2D eigenvalue weighted by Gasteiger charge is 2.28. The zero-order valence-corrected chi connectivity index (χ0v) is 13.7. The van der Waals surface area contributed by atoms with Gasteiger partial charge in [-0.25, -0.2) is 0 Å². The minimum Gasteiger partial charge on any atom is -0.356 e. The molecule has 1 fully saturated rings. The summed E-state index contributed by atoms with van der Waals surface area (Å²) in [5, 5.41) is 6.38. The van der Waals surface area contributed by atoms with Crippen molar-refractivity contribution in [3.63, 3.8) is 0 Å². The summed E-state index contributed by atoms with van der Waals surface area (Å²) < 4.78 is 0. The molecule has 1 atom stereocenters. The second-order valence-electron chi connectivity index (χ2n) is 5.63. The molecule has 0 radical (unpaired) electrons. The van der Waals surface area contributed by atoms with E-state index in [0.717, 1.165) is 24.2 Å². The van der Waals surface area contributed by atoms with Crippen LogP contribution < -0.4 is 10.6 Å². The SMILES string of the molecule is CCNC(=O)C1CCN(CC(=O)Nc2ccc(Cl)c(C)c2)C1. The van der Waals surface area contributed by atoms with E-state index in [1.54, 1.807) is 12.1 Å². The molecule has 0 bridgehead atoms. The molecule has 1 aromatic rings. The van der Waals surface area contributed by atoms with Gasteiger partial charge in [-0.1, -0.05) is 11.6 Å². The van der Waals surface area contributed by atoms with Crippen LogP contribution in [0.2, 0.25) is 5.02 Å². The molecule has 1 saturated heterocycles. The van der Waals surface area contributed by atoms with E-state index in [2.05, 4.69) is 10.6 Å². The van der Waals surface area contributed by atoms with Crippen molar-refractivity contribution >= 4 is 29.1 Å². The molecule has 6 heteroatoms. The first kappa shape index (κ1) is 16.8. The maximum atomic E-state index is 12.1. The second-order valence-corrected chi connectivity index (χ2v) is 6.03. The number of rotatable bonds is 5. The van der Waals surface area contributed by atoms with Crippen molar-refractivity contribution in [1.82, 2.24) is 10.2 Å². The van der Waals surface area contributed by atoms with Crippen LogP contribution in [0.5, 0.6) is 0 Å². The van der Waals surface area contributed by atoms with E-state index in [-0.39, 0.29) is 17.7 Å². The average molecular weight is 324 g/mol. The quantitative estimate of drug-likeness (QED) is 0.871. The summed E-state index contributed by atoms with van der Waals surface area (Å²) in [7, 11) is 0. The van der Waals surface area contributed by atoms with Gasteiger partial charge in [0.2, 0.25) is 11.8 Å². The lowest BCUT2D eigenvalue weighted by Gasteiger charge is -2.15. The Kier molecular flexibility index (Phi) is 5.80. The van der Waals surface area contributed by atoms with E-state index in [9.17, 15) is 9.59 Å². The fourth-order valence-electron chi connectivity index (χ4n) is 2.63. The number of benzene rings is 1. The van der Waals surface area contributed by atoms with Crippen LogP contribution in [0.1, 0.15) is 18.9 Å². The first-order chi connectivity index (χ1) is 10.5. The van der Waals surface area contributed by atoms with E-state index < -0.39 is 0 Å². The van der Waals surface area contributed by atoms with Gasteiger partial charge in [0, 0.05) is 23.8 Å². The molecule has 1 aromatic carbocycles. The molecule has 2 amide bonds. The molecule has 120 valence electrons. The Labute approximate surface area is 136 Å². The number of hydrogen-bond acceptors (Lipinski definition) is 3. The van der Waals surface area contributed by atoms with E-state index in [0.29, 0.717) is 24.7 Å². The number of aryl methyl sites for hydroxylation is 1. The van der Waals surface area contributed by atoms with Crippen molar-refractivity contribution < 1.29 is 9.59 Å². The van der Waals surface area contributed by atoms with Gasteiger partial charge in [0.1, 0.15) is 0 Å². The number of amides is 2. The molecule has 0 spiro atoms. The van der Waals surface area contributed by atoms with Gasteiger partial charge in [0.15, 0.2) is 0 Å². The molecule has 0 aromatic heterocycles. The summed E-state index contributed by atoms with van der Waals surface area (Å²) in [6.07, 6.45) is 0.805. The third-order valence-corrected chi connectivity index (χ3v) is 4.23. The molecule has 1 unspecified atom stereocenters. The van der Waals surface area contributed by atoms with E-state index >= 15 is 0 Å². The lowest BCUT2D eigenvalue weighted by molar-refractivity contribution is -0.125. The van der Waals surface area contributed by atoms with Gasteiger partial charge in [0.05, 0.1) is 12.5 Å². The molecule has 1 heterocycles. The van der Waals surface area contributed by atoms with Crippen molar-refractivity contribution in [2.75, 3.05) is 31.5 Å². The van der Waals surface area contributed by atoms with Gasteiger partial charge < -0.3 is 10.6 Å². The second kappa shape index (κ2) is 7.61. The summed E-state index contributed by atoms with van der Waals surface area (Å²) >= 11 is 5.97. The number of likely N-dealkylation sites (tertiary alicyclic amines) is 1. The zero-order chi connectivity index (χ0) is 16.1. The maximum Gasteiger partial charge on any atom is 0.238 e. The molecule has 5 nitrogen and oxygen atoms in total. The fraction of sp³-hybridized carbons (Fsp3) is 0.500. The maximum absolute atomic E-state index is 12.1. The van der Waals surface area contributed by atoms with Gasteiger partial charge in [-0.05, 0) is 50.6 Å². The highest BCUT2D eigenvalue weighted by atomic mass is 35.5. The van der Waals surface area contributed by atoms with Gasteiger partial charge in [-0.3, -0.25) is 14.5 Å². The molecular formula is C16H22ClN3O2. The monoisotopic (exact) mass is 323 g/mol. The third kappa shape index (κ3) is 4.45. The van der Waals surface area contributed by atoms with Gasteiger partial charge in [-0.2, -0.15) is 0 Å². The zero-order valence-electron chi connectivity index (χ0n) is 13.0. The lowest BCUT2D eigenvalue weighted by atomic mass is 10.1. The number of anilines is 1. The highest BCUT2D eigenvalue weighted by Crippen LogP contribution is 2.20. The van der Waals surface area contributed by atoms with Gasteiger partial charge in [-0.15, -0.1) is 0 Å². The number of nitrogens with one attached hydrogen (secondary N) is 2. The number of carbonyl (C=O) groups excluding carboxylic acids is 2. The Bertz CT molecular complexity index is 562. The smallest absolute Gasteiger partial charge is 0.238 e. The van der Waals surface area contributed by atoms with Crippen LogP contribution in [-0.2, 0) is 9.59 Å². The van der Waals surface area contributed by atoms with Crippen LogP contribution in [0.4, 0.5) is 5.69 Å². The van der Waals surface area contributed by atoms with Crippen molar-refractivity contribution in [2.45, 2.75) is 20.3 Å². The highest BCUT2D eigenvalue weighted by molar-refractivity contribution is 6.31. The largest absolute Gasteiger partial charge is 0.356 e. The Morgan fingerprint density at radius 2 is 2.18 bits per heavy atom. The Hall–Kier alpha value is -1.59. The summed E-state index contributed by atoms with van der Waals surface area (Å²) in [5.41, 5.74) is 1.67. The molecule has 0 aliphatic carbocycles. The van der Waals surface area contributed by atoms with Crippen LogP contribution in [0.15, 0.2) is 18.2 Å². The first-order valence-corrected chi connectivity index (χ1v) is 7.93. The van der Waals surface area contributed by atoms with Crippen LogP contribution in [0.3, 0.4) is 0 Å². The number of halogens is 1. The summed E-state index contributed by atoms with van der Waals surface area (Å²) in [6.45, 7) is 6.17. The third-order valence-electron chi connectivity index (χ3n) is 3.80.